The summed E-state index contributed by atoms with van der Waals surface area (Å²) in [5.74, 6) is -0.107. The van der Waals surface area contributed by atoms with Crippen LogP contribution >= 0.6 is 0 Å². The summed E-state index contributed by atoms with van der Waals surface area (Å²) in [6.45, 7) is 7.21. The molecule has 1 unspecified atom stereocenters. The molecule has 3 rings (SSSR count). The molecule has 0 aromatic heterocycles. The maximum absolute atomic E-state index is 13.8. The van der Waals surface area contributed by atoms with Crippen molar-refractivity contribution in [3.63, 3.8) is 0 Å². The number of anilines is 1. The van der Waals surface area contributed by atoms with E-state index < -0.39 is 0 Å². The number of nitrogens with zero attached hydrogens (tertiary/aromatic N) is 2. The van der Waals surface area contributed by atoms with Crippen molar-refractivity contribution in [2.24, 2.45) is 0 Å². The van der Waals surface area contributed by atoms with Gasteiger partial charge in [0.25, 0.3) is 0 Å². The van der Waals surface area contributed by atoms with Gasteiger partial charge in [0, 0.05) is 44.8 Å². The molecule has 1 aromatic rings. The van der Waals surface area contributed by atoms with E-state index in [0.29, 0.717) is 6.04 Å². The van der Waals surface area contributed by atoms with Crippen molar-refractivity contribution in [2.75, 3.05) is 37.6 Å². The zero-order chi connectivity index (χ0) is 13.9. The van der Waals surface area contributed by atoms with E-state index in [4.69, 9.17) is 0 Å². The Hall–Kier alpha value is -1.13. The summed E-state index contributed by atoms with van der Waals surface area (Å²) in [6.07, 6.45) is 2.68. The molecule has 1 aliphatic carbocycles. The Morgan fingerprint density at radius 2 is 1.90 bits per heavy atom. The van der Waals surface area contributed by atoms with Crippen LogP contribution in [0.25, 0.3) is 0 Å². The number of para-hydroxylation sites is 1. The Bertz CT molecular complexity index is 439. The van der Waals surface area contributed by atoms with Gasteiger partial charge in [0.2, 0.25) is 0 Å². The minimum Gasteiger partial charge on any atom is -0.367 e. The molecule has 1 aliphatic heterocycles. The largest absolute Gasteiger partial charge is 0.367 e. The standard InChI is InChI=1S/C16H24FN3/c1-13(12-18-14-6-7-14)19-8-10-20(11-9-19)16-5-3-2-4-15(16)17/h2-5,13-14,18H,6-12H2,1H3. The van der Waals surface area contributed by atoms with Gasteiger partial charge in [-0.15, -0.1) is 0 Å². The predicted octanol–water partition coefficient (Wildman–Crippen LogP) is 2.09. The summed E-state index contributed by atoms with van der Waals surface area (Å²) >= 11 is 0. The second-order valence-electron chi connectivity index (χ2n) is 6.01. The third-order valence-corrected chi connectivity index (χ3v) is 4.41. The van der Waals surface area contributed by atoms with Crippen molar-refractivity contribution in [1.82, 2.24) is 10.2 Å². The Morgan fingerprint density at radius 1 is 1.20 bits per heavy atom. The fraction of sp³-hybridized carbons (Fsp3) is 0.625. The molecule has 1 atom stereocenters. The second kappa shape index (κ2) is 6.10. The SMILES string of the molecule is CC(CNC1CC1)N1CCN(c2ccccc2F)CC1. The molecule has 0 bridgehead atoms. The lowest BCUT2D eigenvalue weighted by molar-refractivity contribution is 0.192. The van der Waals surface area contributed by atoms with Crippen LogP contribution in [-0.4, -0.2) is 49.7 Å². The quantitative estimate of drug-likeness (QED) is 0.889. The first-order valence-corrected chi connectivity index (χ1v) is 7.71. The van der Waals surface area contributed by atoms with Gasteiger partial charge in [0.05, 0.1) is 5.69 Å². The first-order chi connectivity index (χ1) is 9.74. The number of nitrogens with one attached hydrogen (secondary N) is 1. The maximum atomic E-state index is 13.8. The third-order valence-electron chi connectivity index (χ3n) is 4.41. The number of hydrogen-bond donors (Lipinski definition) is 1. The molecule has 20 heavy (non-hydrogen) atoms. The lowest BCUT2D eigenvalue weighted by atomic mass is 10.2. The van der Waals surface area contributed by atoms with Crippen LogP contribution in [0.3, 0.4) is 0 Å². The Labute approximate surface area is 120 Å². The number of piperazine rings is 1. The maximum Gasteiger partial charge on any atom is 0.146 e. The van der Waals surface area contributed by atoms with Gasteiger partial charge in [-0.05, 0) is 31.9 Å². The van der Waals surface area contributed by atoms with E-state index in [9.17, 15) is 4.39 Å². The third kappa shape index (κ3) is 3.30. The van der Waals surface area contributed by atoms with Crippen LogP contribution in [0, 0.1) is 5.82 Å². The van der Waals surface area contributed by atoms with Crippen LogP contribution < -0.4 is 10.2 Å². The molecule has 1 heterocycles. The van der Waals surface area contributed by atoms with Gasteiger partial charge in [-0.3, -0.25) is 4.90 Å². The molecule has 1 saturated heterocycles. The highest BCUT2D eigenvalue weighted by Gasteiger charge is 2.25. The van der Waals surface area contributed by atoms with Crippen LogP contribution in [0.1, 0.15) is 19.8 Å². The van der Waals surface area contributed by atoms with E-state index in [1.807, 2.05) is 12.1 Å². The monoisotopic (exact) mass is 277 g/mol. The van der Waals surface area contributed by atoms with Crippen LogP contribution in [0.4, 0.5) is 10.1 Å². The first kappa shape index (κ1) is 13.8. The molecule has 0 amide bonds. The molecule has 0 spiro atoms. The highest BCUT2D eigenvalue weighted by Crippen LogP contribution is 2.21. The lowest BCUT2D eigenvalue weighted by Crippen LogP contribution is -2.52. The topological polar surface area (TPSA) is 18.5 Å². The summed E-state index contributed by atoms with van der Waals surface area (Å²) in [4.78, 5) is 4.67. The lowest BCUT2D eigenvalue weighted by Gasteiger charge is -2.39. The van der Waals surface area contributed by atoms with E-state index >= 15 is 0 Å². The fourth-order valence-electron chi connectivity index (χ4n) is 2.87. The van der Waals surface area contributed by atoms with E-state index in [1.54, 1.807) is 12.1 Å². The Kier molecular flexibility index (Phi) is 4.22. The summed E-state index contributed by atoms with van der Waals surface area (Å²) in [6, 6.07) is 8.43. The molecule has 1 aromatic carbocycles. The number of halogens is 1. The van der Waals surface area contributed by atoms with E-state index in [0.717, 1.165) is 44.5 Å². The number of benzene rings is 1. The smallest absolute Gasteiger partial charge is 0.146 e. The molecule has 3 nitrogen and oxygen atoms in total. The van der Waals surface area contributed by atoms with Crippen molar-refractivity contribution in [3.8, 4) is 0 Å². The van der Waals surface area contributed by atoms with Crippen LogP contribution in [0.2, 0.25) is 0 Å². The minimum absolute atomic E-state index is 0.107. The highest BCUT2D eigenvalue weighted by molar-refractivity contribution is 5.47. The van der Waals surface area contributed by atoms with Crippen molar-refractivity contribution < 1.29 is 4.39 Å². The normalized spacial score (nSPS) is 22.0. The number of hydrogen-bond acceptors (Lipinski definition) is 3. The highest BCUT2D eigenvalue weighted by atomic mass is 19.1. The Morgan fingerprint density at radius 3 is 2.55 bits per heavy atom. The first-order valence-electron chi connectivity index (χ1n) is 7.71. The fourth-order valence-corrected chi connectivity index (χ4v) is 2.87. The van der Waals surface area contributed by atoms with E-state index in [-0.39, 0.29) is 5.82 Å². The van der Waals surface area contributed by atoms with Gasteiger partial charge in [0.1, 0.15) is 5.82 Å². The summed E-state index contributed by atoms with van der Waals surface area (Å²) in [5, 5.41) is 3.59. The van der Waals surface area contributed by atoms with Crippen LogP contribution in [-0.2, 0) is 0 Å². The summed E-state index contributed by atoms with van der Waals surface area (Å²) < 4.78 is 13.8. The summed E-state index contributed by atoms with van der Waals surface area (Å²) in [7, 11) is 0. The van der Waals surface area contributed by atoms with Crippen molar-refractivity contribution in [2.45, 2.75) is 31.8 Å². The second-order valence-corrected chi connectivity index (χ2v) is 6.01. The molecule has 2 aliphatic rings. The Balaban J connectivity index is 1.49. The molecular formula is C16H24FN3. The molecule has 0 radical (unpaired) electrons. The van der Waals surface area contributed by atoms with E-state index in [1.165, 1.54) is 12.8 Å². The molecule has 1 N–H and O–H groups in total. The number of rotatable bonds is 5. The van der Waals surface area contributed by atoms with Crippen LogP contribution in [0.5, 0.6) is 0 Å². The van der Waals surface area contributed by atoms with E-state index in [2.05, 4.69) is 22.0 Å². The van der Waals surface area contributed by atoms with Crippen molar-refractivity contribution in [3.05, 3.63) is 30.1 Å². The van der Waals surface area contributed by atoms with Crippen molar-refractivity contribution >= 4 is 5.69 Å². The van der Waals surface area contributed by atoms with Gasteiger partial charge < -0.3 is 10.2 Å². The average molecular weight is 277 g/mol. The van der Waals surface area contributed by atoms with Crippen molar-refractivity contribution in [1.29, 1.82) is 0 Å². The zero-order valence-electron chi connectivity index (χ0n) is 12.2. The molecular weight excluding hydrogens is 253 g/mol. The predicted molar refractivity (Wildman–Crippen MR) is 80.7 cm³/mol. The van der Waals surface area contributed by atoms with Gasteiger partial charge in [-0.2, -0.15) is 0 Å². The average Bonchev–Trinajstić information content (AvgIpc) is 3.30. The molecule has 2 fully saturated rings. The molecule has 4 heteroatoms. The van der Waals surface area contributed by atoms with Gasteiger partial charge in [-0.25, -0.2) is 4.39 Å². The van der Waals surface area contributed by atoms with Gasteiger partial charge in [-0.1, -0.05) is 12.1 Å². The minimum atomic E-state index is -0.107. The summed E-state index contributed by atoms with van der Waals surface area (Å²) in [5.41, 5.74) is 0.746. The molecule has 110 valence electrons. The zero-order valence-corrected chi connectivity index (χ0v) is 12.2. The van der Waals surface area contributed by atoms with Gasteiger partial charge >= 0.3 is 0 Å². The van der Waals surface area contributed by atoms with Gasteiger partial charge in [0.15, 0.2) is 0 Å². The van der Waals surface area contributed by atoms with Crippen LogP contribution in [0.15, 0.2) is 24.3 Å². The molecule has 1 saturated carbocycles.